The SMILES string of the molecule is COc1c(Br)cccc1CC1(O)CC1. The van der Waals surface area contributed by atoms with Crippen LogP contribution in [0, 0.1) is 0 Å². The molecule has 1 aromatic carbocycles. The maximum absolute atomic E-state index is 9.82. The predicted octanol–water partition coefficient (Wildman–Crippen LogP) is 2.53. The third-order valence-corrected chi connectivity index (χ3v) is 3.22. The summed E-state index contributed by atoms with van der Waals surface area (Å²) in [6.45, 7) is 0. The monoisotopic (exact) mass is 256 g/mol. The summed E-state index contributed by atoms with van der Waals surface area (Å²) < 4.78 is 6.24. The fourth-order valence-corrected chi connectivity index (χ4v) is 2.17. The summed E-state index contributed by atoms with van der Waals surface area (Å²) in [5.74, 6) is 0.841. The highest BCUT2D eigenvalue weighted by molar-refractivity contribution is 9.10. The number of benzene rings is 1. The van der Waals surface area contributed by atoms with Gasteiger partial charge in [0.25, 0.3) is 0 Å². The van der Waals surface area contributed by atoms with Crippen LogP contribution in [0.4, 0.5) is 0 Å². The molecule has 0 saturated heterocycles. The molecule has 0 spiro atoms. The summed E-state index contributed by atoms with van der Waals surface area (Å²) in [6, 6.07) is 5.91. The summed E-state index contributed by atoms with van der Waals surface area (Å²) in [6.07, 6.45) is 2.50. The molecular weight excluding hydrogens is 244 g/mol. The van der Waals surface area contributed by atoms with Crippen LogP contribution in [0.2, 0.25) is 0 Å². The molecule has 0 aromatic heterocycles. The molecule has 0 heterocycles. The minimum Gasteiger partial charge on any atom is -0.495 e. The lowest BCUT2D eigenvalue weighted by molar-refractivity contribution is 0.150. The lowest BCUT2D eigenvalue weighted by atomic mass is 10.1. The molecule has 1 aliphatic carbocycles. The number of aliphatic hydroxyl groups is 1. The van der Waals surface area contributed by atoms with E-state index < -0.39 is 5.60 Å². The van der Waals surface area contributed by atoms with Crippen LogP contribution in [0.5, 0.6) is 5.75 Å². The third-order valence-electron chi connectivity index (χ3n) is 2.60. The fourth-order valence-electron chi connectivity index (χ4n) is 1.60. The topological polar surface area (TPSA) is 29.5 Å². The first-order valence-electron chi connectivity index (χ1n) is 4.68. The Morgan fingerprint density at radius 2 is 2.21 bits per heavy atom. The fraction of sp³-hybridized carbons (Fsp3) is 0.455. The van der Waals surface area contributed by atoms with E-state index >= 15 is 0 Å². The molecule has 76 valence electrons. The van der Waals surface area contributed by atoms with E-state index in [9.17, 15) is 5.11 Å². The Balaban J connectivity index is 2.27. The summed E-state index contributed by atoms with van der Waals surface area (Å²) >= 11 is 3.43. The van der Waals surface area contributed by atoms with Gasteiger partial charge in [0.1, 0.15) is 5.75 Å². The molecule has 0 atom stereocenters. The zero-order valence-corrected chi connectivity index (χ0v) is 9.67. The summed E-state index contributed by atoms with van der Waals surface area (Å²) in [5.41, 5.74) is 0.607. The first kappa shape index (κ1) is 9.99. The van der Waals surface area contributed by atoms with Gasteiger partial charge in [0.2, 0.25) is 0 Å². The largest absolute Gasteiger partial charge is 0.495 e. The number of hydrogen-bond donors (Lipinski definition) is 1. The van der Waals surface area contributed by atoms with Crippen molar-refractivity contribution in [1.82, 2.24) is 0 Å². The molecular formula is C11H13BrO2. The van der Waals surface area contributed by atoms with Crippen LogP contribution in [0.1, 0.15) is 18.4 Å². The maximum atomic E-state index is 9.82. The standard InChI is InChI=1S/C11H13BrO2/c1-14-10-8(3-2-4-9(10)12)7-11(13)5-6-11/h2-4,13H,5-7H2,1H3. The second-order valence-corrected chi connectivity index (χ2v) is 4.69. The minimum atomic E-state index is -0.464. The van der Waals surface area contributed by atoms with Crippen molar-refractivity contribution >= 4 is 15.9 Å². The predicted molar refractivity (Wildman–Crippen MR) is 58.6 cm³/mol. The van der Waals surface area contributed by atoms with Crippen LogP contribution < -0.4 is 4.74 Å². The van der Waals surface area contributed by atoms with E-state index in [1.807, 2.05) is 18.2 Å². The second kappa shape index (κ2) is 3.55. The van der Waals surface area contributed by atoms with Gasteiger partial charge < -0.3 is 9.84 Å². The molecule has 0 amide bonds. The Hall–Kier alpha value is -0.540. The van der Waals surface area contributed by atoms with Crippen LogP contribution in [0.25, 0.3) is 0 Å². The second-order valence-electron chi connectivity index (χ2n) is 3.83. The maximum Gasteiger partial charge on any atom is 0.136 e. The Morgan fingerprint density at radius 1 is 1.50 bits per heavy atom. The van der Waals surface area contributed by atoms with Crippen LogP contribution in [-0.2, 0) is 6.42 Å². The Labute approximate surface area is 92.0 Å². The number of halogens is 1. The normalized spacial score (nSPS) is 17.9. The highest BCUT2D eigenvalue weighted by atomic mass is 79.9. The minimum absolute atomic E-state index is 0.464. The average molecular weight is 257 g/mol. The van der Waals surface area contributed by atoms with E-state index in [2.05, 4.69) is 15.9 Å². The Morgan fingerprint density at radius 3 is 2.79 bits per heavy atom. The zero-order valence-electron chi connectivity index (χ0n) is 8.09. The average Bonchev–Trinajstić information content (AvgIpc) is 2.84. The molecule has 1 N–H and O–H groups in total. The van der Waals surface area contributed by atoms with Gasteiger partial charge in [-0.1, -0.05) is 12.1 Å². The van der Waals surface area contributed by atoms with E-state index in [0.717, 1.165) is 28.6 Å². The van der Waals surface area contributed by atoms with Gasteiger partial charge in [-0.05, 0) is 40.4 Å². The van der Waals surface area contributed by atoms with E-state index in [0.29, 0.717) is 6.42 Å². The molecule has 1 fully saturated rings. The lowest BCUT2D eigenvalue weighted by Gasteiger charge is -2.12. The van der Waals surface area contributed by atoms with E-state index in [1.165, 1.54) is 0 Å². The van der Waals surface area contributed by atoms with Gasteiger partial charge in [0.05, 0.1) is 17.2 Å². The van der Waals surface area contributed by atoms with Crippen molar-refractivity contribution in [3.63, 3.8) is 0 Å². The van der Waals surface area contributed by atoms with Crippen LogP contribution >= 0.6 is 15.9 Å². The van der Waals surface area contributed by atoms with Gasteiger partial charge in [0.15, 0.2) is 0 Å². The summed E-state index contributed by atoms with van der Waals surface area (Å²) in [7, 11) is 1.65. The van der Waals surface area contributed by atoms with Crippen molar-refractivity contribution in [2.75, 3.05) is 7.11 Å². The molecule has 1 saturated carbocycles. The van der Waals surface area contributed by atoms with Gasteiger partial charge in [0, 0.05) is 6.42 Å². The lowest BCUT2D eigenvalue weighted by Crippen LogP contribution is -2.11. The van der Waals surface area contributed by atoms with Gasteiger partial charge in [-0.25, -0.2) is 0 Å². The molecule has 1 aliphatic rings. The van der Waals surface area contributed by atoms with Gasteiger partial charge in [-0.2, -0.15) is 0 Å². The molecule has 1 aromatic rings. The molecule has 0 aliphatic heterocycles. The van der Waals surface area contributed by atoms with Crippen molar-refractivity contribution in [3.8, 4) is 5.75 Å². The van der Waals surface area contributed by atoms with Gasteiger partial charge in [-0.3, -0.25) is 0 Å². The molecule has 14 heavy (non-hydrogen) atoms. The van der Waals surface area contributed by atoms with Crippen LogP contribution in [-0.4, -0.2) is 17.8 Å². The zero-order chi connectivity index (χ0) is 10.2. The quantitative estimate of drug-likeness (QED) is 0.901. The smallest absolute Gasteiger partial charge is 0.136 e. The van der Waals surface area contributed by atoms with Crippen molar-refractivity contribution < 1.29 is 9.84 Å². The Bertz CT molecular complexity index is 345. The molecule has 0 unspecified atom stereocenters. The molecule has 0 radical (unpaired) electrons. The number of methoxy groups -OCH3 is 1. The highest BCUT2D eigenvalue weighted by Gasteiger charge is 2.40. The third kappa shape index (κ3) is 1.93. The van der Waals surface area contributed by atoms with E-state index in [-0.39, 0.29) is 0 Å². The van der Waals surface area contributed by atoms with Crippen LogP contribution in [0.15, 0.2) is 22.7 Å². The Kier molecular flexibility index (Phi) is 2.54. The summed E-state index contributed by atoms with van der Waals surface area (Å²) in [4.78, 5) is 0. The molecule has 0 bridgehead atoms. The molecule has 2 nitrogen and oxygen atoms in total. The number of ether oxygens (including phenoxy) is 1. The van der Waals surface area contributed by atoms with Crippen molar-refractivity contribution in [2.45, 2.75) is 24.9 Å². The number of hydrogen-bond acceptors (Lipinski definition) is 2. The molecule has 3 heteroatoms. The van der Waals surface area contributed by atoms with Gasteiger partial charge in [-0.15, -0.1) is 0 Å². The molecule has 2 rings (SSSR count). The van der Waals surface area contributed by atoms with Crippen molar-refractivity contribution in [3.05, 3.63) is 28.2 Å². The van der Waals surface area contributed by atoms with E-state index in [4.69, 9.17) is 4.74 Å². The van der Waals surface area contributed by atoms with E-state index in [1.54, 1.807) is 7.11 Å². The number of para-hydroxylation sites is 1. The van der Waals surface area contributed by atoms with Crippen molar-refractivity contribution in [1.29, 1.82) is 0 Å². The number of rotatable bonds is 3. The highest BCUT2D eigenvalue weighted by Crippen LogP contribution is 2.41. The van der Waals surface area contributed by atoms with Crippen LogP contribution in [0.3, 0.4) is 0 Å². The van der Waals surface area contributed by atoms with Crippen molar-refractivity contribution in [2.24, 2.45) is 0 Å². The summed E-state index contributed by atoms with van der Waals surface area (Å²) in [5, 5.41) is 9.82. The van der Waals surface area contributed by atoms with Gasteiger partial charge >= 0.3 is 0 Å². The first-order valence-corrected chi connectivity index (χ1v) is 5.48. The first-order chi connectivity index (χ1) is 6.64.